The van der Waals surface area contributed by atoms with Gasteiger partial charge in [-0.05, 0) is 79.2 Å². The summed E-state index contributed by atoms with van der Waals surface area (Å²) in [4.78, 5) is 6.89. The van der Waals surface area contributed by atoms with E-state index in [1.54, 1.807) is 41.7 Å². The lowest BCUT2D eigenvalue weighted by Crippen LogP contribution is -2.05. The molecule has 0 atom stereocenters. The van der Waals surface area contributed by atoms with Gasteiger partial charge >= 0.3 is 0 Å². The molecule has 6 rings (SSSR count). The third-order valence-electron chi connectivity index (χ3n) is 6.81. The number of hydrogen-bond donors (Lipinski definition) is 2. The summed E-state index contributed by atoms with van der Waals surface area (Å²) in [5.74, 6) is 0.534. The molecule has 0 fully saturated rings. The fraction of sp³-hybridized carbons (Fsp3) is 0.0606. The Hall–Kier alpha value is -4.02. The number of hydrogen-bond acceptors (Lipinski definition) is 7. The van der Waals surface area contributed by atoms with Crippen molar-refractivity contribution in [1.82, 2.24) is 0 Å². The predicted octanol–water partition coefficient (Wildman–Crippen LogP) is 8.87. The van der Waals surface area contributed by atoms with Gasteiger partial charge in [-0.25, -0.2) is 4.99 Å². The number of thioether (sulfide) groups is 2. The number of rotatable bonds is 7. The number of anilines is 2. The van der Waals surface area contributed by atoms with Crippen LogP contribution in [0.25, 0.3) is 33.4 Å². The first kappa shape index (κ1) is 28.1. The topological polar surface area (TPSA) is 91.9 Å². The van der Waals surface area contributed by atoms with Gasteiger partial charge in [0.15, 0.2) is 0 Å². The summed E-state index contributed by atoms with van der Waals surface area (Å²) in [6.07, 6.45) is 4.05. The molecule has 6 nitrogen and oxygen atoms in total. The van der Waals surface area contributed by atoms with Gasteiger partial charge in [0.2, 0.25) is 0 Å². The molecule has 2 N–H and O–H groups in total. The van der Waals surface area contributed by atoms with Crippen LogP contribution in [-0.4, -0.2) is 25.5 Å². The van der Waals surface area contributed by atoms with E-state index in [9.17, 15) is 13.0 Å². The maximum Gasteiger partial charge on any atom is 0.295 e. The molecule has 0 saturated carbocycles. The zero-order valence-corrected chi connectivity index (χ0v) is 25.2. The molecule has 42 heavy (non-hydrogen) atoms. The van der Waals surface area contributed by atoms with Crippen molar-refractivity contribution in [2.75, 3.05) is 17.8 Å². The van der Waals surface area contributed by atoms with E-state index in [-0.39, 0.29) is 4.90 Å². The molecule has 210 valence electrons. The maximum absolute atomic E-state index is 12.4. The smallest absolute Gasteiger partial charge is 0.295 e. The van der Waals surface area contributed by atoms with Crippen molar-refractivity contribution in [2.45, 2.75) is 14.7 Å². The number of benzene rings is 5. The van der Waals surface area contributed by atoms with Gasteiger partial charge in [-0.2, -0.15) is 8.42 Å². The summed E-state index contributed by atoms with van der Waals surface area (Å²) in [7, 11) is -4.50. The summed E-state index contributed by atoms with van der Waals surface area (Å²) < 4.78 is 41.4. The largest absolute Gasteiger partial charge is 0.456 e. The molecule has 0 bridgehead atoms. The van der Waals surface area contributed by atoms with Gasteiger partial charge < -0.3 is 9.73 Å². The van der Waals surface area contributed by atoms with E-state index in [1.165, 1.54) is 6.07 Å². The van der Waals surface area contributed by atoms with Crippen LogP contribution in [-0.2, 0) is 10.1 Å². The molecular formula is C33H26N2O4S3. The van der Waals surface area contributed by atoms with Crippen LogP contribution >= 0.6 is 23.5 Å². The lowest BCUT2D eigenvalue weighted by atomic mass is 9.93. The minimum Gasteiger partial charge on any atom is -0.456 e. The van der Waals surface area contributed by atoms with Crippen LogP contribution in [0.2, 0.25) is 0 Å². The summed E-state index contributed by atoms with van der Waals surface area (Å²) in [6.45, 7) is 0. The molecule has 1 aliphatic heterocycles. The Labute approximate surface area is 252 Å². The molecule has 1 aliphatic carbocycles. The molecule has 0 radical (unpaired) electrons. The van der Waals surface area contributed by atoms with Crippen LogP contribution in [0.5, 0.6) is 0 Å². The van der Waals surface area contributed by atoms with Crippen molar-refractivity contribution in [3.63, 3.8) is 0 Å². The molecule has 4 aromatic rings. The van der Waals surface area contributed by atoms with Crippen molar-refractivity contribution >= 4 is 61.7 Å². The zero-order valence-electron chi connectivity index (χ0n) is 22.7. The van der Waals surface area contributed by atoms with Crippen molar-refractivity contribution in [3.8, 4) is 22.5 Å². The summed E-state index contributed by atoms with van der Waals surface area (Å²) >= 11 is 3.31. The second-order valence-electron chi connectivity index (χ2n) is 9.51. The standard InChI is InChI=1S/C33H26N2O4S3/c1-40-25-9-5-7-21(17-25)34-23-13-15-27-30(19-23)39-31-20-24(35-22-8-6-10-26(18-22)41-2)14-16-28(31)33(27)29-11-3-4-12-32(29)42(36,37)38/h3-20,34H,1-2H3,(H,36,37,38). The van der Waals surface area contributed by atoms with Crippen molar-refractivity contribution in [2.24, 2.45) is 4.99 Å². The molecule has 0 aromatic heterocycles. The predicted molar refractivity (Wildman–Crippen MR) is 173 cm³/mol. The first-order chi connectivity index (χ1) is 20.3. The van der Waals surface area contributed by atoms with E-state index in [0.717, 1.165) is 26.9 Å². The first-order valence-electron chi connectivity index (χ1n) is 13.0. The fourth-order valence-corrected chi connectivity index (χ4v) is 6.52. The van der Waals surface area contributed by atoms with Gasteiger partial charge in [0.1, 0.15) is 16.2 Å². The quantitative estimate of drug-likeness (QED) is 0.106. The second kappa shape index (κ2) is 11.7. The highest BCUT2D eigenvalue weighted by molar-refractivity contribution is 7.98. The van der Waals surface area contributed by atoms with E-state index in [2.05, 4.69) is 17.4 Å². The van der Waals surface area contributed by atoms with Crippen molar-refractivity contribution < 1.29 is 17.4 Å². The molecule has 0 saturated heterocycles. The average molecular weight is 611 g/mol. The Morgan fingerprint density at radius 3 is 2.26 bits per heavy atom. The third kappa shape index (κ3) is 5.82. The van der Waals surface area contributed by atoms with Crippen molar-refractivity contribution in [3.05, 3.63) is 115 Å². The van der Waals surface area contributed by atoms with Gasteiger partial charge in [0, 0.05) is 55.4 Å². The Balaban J connectivity index is 1.58. The fourth-order valence-electron chi connectivity index (χ4n) is 4.91. The normalized spacial score (nSPS) is 12.2. The molecule has 4 aromatic carbocycles. The number of fused-ring (bicyclic) bond motifs is 2. The van der Waals surface area contributed by atoms with Gasteiger partial charge in [-0.3, -0.25) is 4.55 Å². The molecular weight excluding hydrogens is 585 g/mol. The minimum absolute atomic E-state index is 0.169. The molecule has 1 heterocycles. The maximum atomic E-state index is 12.4. The van der Waals surface area contributed by atoms with Crippen LogP contribution in [0.1, 0.15) is 0 Å². The summed E-state index contributed by atoms with van der Waals surface area (Å²) in [5, 5.41) is 4.84. The highest BCUT2D eigenvalue weighted by Gasteiger charge is 2.23. The monoisotopic (exact) mass is 610 g/mol. The Kier molecular flexibility index (Phi) is 7.83. The molecule has 9 heteroatoms. The van der Waals surface area contributed by atoms with Crippen LogP contribution in [0.15, 0.2) is 133 Å². The van der Waals surface area contributed by atoms with E-state index in [1.807, 2.05) is 85.3 Å². The van der Waals surface area contributed by atoms with Crippen LogP contribution < -0.4 is 10.7 Å². The van der Waals surface area contributed by atoms with Crippen LogP contribution in [0.4, 0.5) is 17.1 Å². The molecule has 2 aliphatic rings. The highest BCUT2D eigenvalue weighted by atomic mass is 32.2. The van der Waals surface area contributed by atoms with E-state index in [0.29, 0.717) is 38.8 Å². The Bertz CT molecular complexity index is 2090. The summed E-state index contributed by atoms with van der Waals surface area (Å²) in [5.41, 5.74) is 4.85. The second-order valence-corrected chi connectivity index (χ2v) is 12.7. The summed E-state index contributed by atoms with van der Waals surface area (Å²) in [6, 6.07) is 33.9. The molecule has 0 amide bonds. The van der Waals surface area contributed by atoms with Crippen LogP contribution in [0, 0.1) is 0 Å². The number of nitrogens with one attached hydrogen (secondary N) is 1. The van der Waals surface area contributed by atoms with Crippen LogP contribution in [0.3, 0.4) is 0 Å². The molecule has 0 spiro atoms. The van der Waals surface area contributed by atoms with Crippen molar-refractivity contribution in [1.29, 1.82) is 0 Å². The lowest BCUT2D eigenvalue weighted by molar-refractivity contribution is 0.483. The Morgan fingerprint density at radius 1 is 0.738 bits per heavy atom. The average Bonchev–Trinajstić information content (AvgIpc) is 2.99. The van der Waals surface area contributed by atoms with Gasteiger partial charge in [0.25, 0.3) is 10.1 Å². The Morgan fingerprint density at radius 2 is 1.48 bits per heavy atom. The van der Waals surface area contributed by atoms with E-state index < -0.39 is 10.1 Å². The van der Waals surface area contributed by atoms with Gasteiger partial charge in [0.05, 0.1) is 11.0 Å². The highest BCUT2D eigenvalue weighted by Crippen LogP contribution is 2.43. The third-order valence-corrected chi connectivity index (χ3v) is 9.17. The van der Waals surface area contributed by atoms with E-state index in [4.69, 9.17) is 9.41 Å². The number of nitrogens with zero attached hydrogens (tertiary/aromatic N) is 1. The van der Waals surface area contributed by atoms with Gasteiger partial charge in [-0.1, -0.05) is 30.3 Å². The van der Waals surface area contributed by atoms with E-state index >= 15 is 0 Å². The lowest BCUT2D eigenvalue weighted by Gasteiger charge is -2.18. The zero-order chi connectivity index (χ0) is 29.3. The first-order valence-corrected chi connectivity index (χ1v) is 16.9. The SMILES string of the molecule is CSc1cccc(N=c2ccc3c(-c4ccccc4S(=O)(=O)O)c4ccc(Nc5cccc(SC)c5)cc4oc-3c2)c1. The van der Waals surface area contributed by atoms with Gasteiger partial charge in [-0.15, -0.1) is 23.5 Å². The molecule has 0 unspecified atom stereocenters. The minimum atomic E-state index is -4.50.